The second-order valence-electron chi connectivity index (χ2n) is 4.67. The van der Waals surface area contributed by atoms with Crippen molar-refractivity contribution in [3.05, 3.63) is 12.2 Å². The van der Waals surface area contributed by atoms with Crippen molar-refractivity contribution in [1.82, 2.24) is 0 Å². The van der Waals surface area contributed by atoms with Crippen LogP contribution in [0.4, 0.5) is 0 Å². The van der Waals surface area contributed by atoms with E-state index >= 15 is 0 Å². The molecule has 0 amide bonds. The topological polar surface area (TPSA) is 0 Å². The average molecular weight is 217 g/mol. The molecule has 0 saturated heterocycles. The van der Waals surface area contributed by atoms with Gasteiger partial charge in [-0.3, -0.25) is 0 Å². The Kier molecular flexibility index (Phi) is 1.99. The molecular weight excluding hydrogens is 200 g/mol. The van der Waals surface area contributed by atoms with E-state index in [1.807, 2.05) is 0 Å². The molecule has 11 heavy (non-hydrogen) atoms. The van der Waals surface area contributed by atoms with Crippen molar-refractivity contribution < 1.29 is 0 Å². The first-order chi connectivity index (χ1) is 4.85. The first-order valence-corrected chi connectivity index (χ1v) is 5.21. The molecule has 1 aliphatic carbocycles. The number of alkyl halides is 1. The van der Waals surface area contributed by atoms with Crippen LogP contribution in [0.25, 0.3) is 0 Å². The highest BCUT2D eigenvalue weighted by Crippen LogP contribution is 2.70. The maximum absolute atomic E-state index is 4.08. The van der Waals surface area contributed by atoms with Crippen molar-refractivity contribution in [1.29, 1.82) is 0 Å². The Morgan fingerprint density at radius 3 is 1.73 bits per heavy atom. The van der Waals surface area contributed by atoms with Crippen LogP contribution in [0.3, 0.4) is 0 Å². The van der Waals surface area contributed by atoms with Gasteiger partial charge in [0.05, 0.1) is 0 Å². The molecule has 0 unspecified atom stereocenters. The first-order valence-electron chi connectivity index (χ1n) is 4.09. The zero-order valence-corrected chi connectivity index (χ0v) is 9.46. The van der Waals surface area contributed by atoms with Crippen molar-refractivity contribution in [2.45, 2.75) is 27.7 Å². The highest BCUT2D eigenvalue weighted by atomic mass is 79.9. The highest BCUT2D eigenvalue weighted by Gasteiger charge is 2.64. The van der Waals surface area contributed by atoms with Gasteiger partial charge in [0.25, 0.3) is 0 Å². The van der Waals surface area contributed by atoms with Crippen LogP contribution in [-0.4, -0.2) is 5.33 Å². The SMILES string of the molecule is C=C(CBr)C1C(C)(C)C1(C)C. The van der Waals surface area contributed by atoms with Crippen molar-refractivity contribution >= 4 is 15.9 Å². The summed E-state index contributed by atoms with van der Waals surface area (Å²) in [6.45, 7) is 13.4. The van der Waals surface area contributed by atoms with E-state index in [1.165, 1.54) is 5.57 Å². The third kappa shape index (κ3) is 1.09. The monoisotopic (exact) mass is 216 g/mol. The fourth-order valence-electron chi connectivity index (χ4n) is 2.29. The van der Waals surface area contributed by atoms with Crippen molar-refractivity contribution in [2.75, 3.05) is 5.33 Å². The van der Waals surface area contributed by atoms with E-state index in [2.05, 4.69) is 50.2 Å². The van der Waals surface area contributed by atoms with Gasteiger partial charge in [0.2, 0.25) is 0 Å². The van der Waals surface area contributed by atoms with Gasteiger partial charge in [-0.15, -0.1) is 0 Å². The standard InChI is InChI=1S/C10H17Br/c1-7(6-11)8-9(2,3)10(8,4)5/h8H,1,6H2,2-5H3. The van der Waals surface area contributed by atoms with Crippen LogP contribution in [0.1, 0.15) is 27.7 Å². The predicted octanol–water partition coefficient (Wildman–Crippen LogP) is 3.62. The van der Waals surface area contributed by atoms with E-state index < -0.39 is 0 Å². The van der Waals surface area contributed by atoms with E-state index in [9.17, 15) is 0 Å². The second-order valence-corrected chi connectivity index (χ2v) is 5.23. The van der Waals surface area contributed by atoms with Gasteiger partial charge in [-0.25, -0.2) is 0 Å². The highest BCUT2D eigenvalue weighted by molar-refractivity contribution is 9.09. The quantitative estimate of drug-likeness (QED) is 0.489. The molecule has 1 rings (SSSR count). The van der Waals surface area contributed by atoms with Crippen LogP contribution in [0.15, 0.2) is 12.2 Å². The molecule has 0 heterocycles. The van der Waals surface area contributed by atoms with E-state index in [0.717, 1.165) is 5.33 Å². The first kappa shape index (κ1) is 9.31. The summed E-state index contributed by atoms with van der Waals surface area (Å²) >= 11 is 3.46. The Labute approximate surface area is 78.2 Å². The molecule has 0 radical (unpaired) electrons. The molecule has 0 spiro atoms. The molecule has 64 valence electrons. The Morgan fingerprint density at radius 1 is 1.27 bits per heavy atom. The lowest BCUT2D eigenvalue weighted by Gasteiger charge is -2.03. The lowest BCUT2D eigenvalue weighted by atomic mass is 10.0. The van der Waals surface area contributed by atoms with Gasteiger partial charge < -0.3 is 0 Å². The van der Waals surface area contributed by atoms with Gasteiger partial charge in [-0.1, -0.05) is 55.8 Å². The molecule has 1 aliphatic rings. The molecule has 0 aromatic rings. The molecule has 0 bridgehead atoms. The lowest BCUT2D eigenvalue weighted by molar-refractivity contribution is 0.457. The summed E-state index contributed by atoms with van der Waals surface area (Å²) in [5.41, 5.74) is 2.26. The van der Waals surface area contributed by atoms with Crippen molar-refractivity contribution in [3.63, 3.8) is 0 Å². The van der Waals surface area contributed by atoms with Gasteiger partial charge in [-0.2, -0.15) is 0 Å². The van der Waals surface area contributed by atoms with Crippen molar-refractivity contribution in [3.8, 4) is 0 Å². The van der Waals surface area contributed by atoms with E-state index in [4.69, 9.17) is 0 Å². The fourth-order valence-corrected chi connectivity index (χ4v) is 2.62. The normalized spacial score (nSPS) is 26.6. The molecule has 1 heteroatoms. The van der Waals surface area contributed by atoms with E-state index in [0.29, 0.717) is 16.7 Å². The maximum Gasteiger partial charge on any atom is 0.0242 e. The zero-order valence-electron chi connectivity index (χ0n) is 7.87. The van der Waals surface area contributed by atoms with Gasteiger partial charge >= 0.3 is 0 Å². The minimum atomic E-state index is 0.456. The zero-order chi connectivity index (χ0) is 8.86. The molecule has 0 atom stereocenters. The Morgan fingerprint density at radius 2 is 1.64 bits per heavy atom. The minimum Gasteiger partial charge on any atom is -0.0987 e. The minimum absolute atomic E-state index is 0.456. The summed E-state index contributed by atoms with van der Waals surface area (Å²) in [6.07, 6.45) is 0. The summed E-state index contributed by atoms with van der Waals surface area (Å²) in [4.78, 5) is 0. The van der Waals surface area contributed by atoms with Crippen LogP contribution in [0, 0.1) is 16.7 Å². The largest absolute Gasteiger partial charge is 0.0987 e. The number of halogens is 1. The molecule has 1 saturated carbocycles. The Balaban J connectivity index is 2.75. The number of hydrogen-bond acceptors (Lipinski definition) is 0. The molecular formula is C10H17Br. The summed E-state index contributed by atoms with van der Waals surface area (Å²) in [5, 5.41) is 0.949. The van der Waals surface area contributed by atoms with E-state index in [1.54, 1.807) is 0 Å². The predicted molar refractivity (Wildman–Crippen MR) is 54.0 cm³/mol. The van der Waals surface area contributed by atoms with Crippen LogP contribution in [0.5, 0.6) is 0 Å². The second kappa shape index (κ2) is 2.35. The van der Waals surface area contributed by atoms with E-state index in [-0.39, 0.29) is 0 Å². The van der Waals surface area contributed by atoms with Gasteiger partial charge in [-0.05, 0) is 16.7 Å². The third-order valence-electron chi connectivity index (χ3n) is 3.60. The molecule has 0 aromatic heterocycles. The summed E-state index contributed by atoms with van der Waals surface area (Å²) < 4.78 is 0. The van der Waals surface area contributed by atoms with Crippen LogP contribution in [-0.2, 0) is 0 Å². The molecule has 0 N–H and O–H groups in total. The fraction of sp³-hybridized carbons (Fsp3) is 0.800. The van der Waals surface area contributed by atoms with Crippen LogP contribution in [0.2, 0.25) is 0 Å². The van der Waals surface area contributed by atoms with Crippen molar-refractivity contribution in [2.24, 2.45) is 16.7 Å². The smallest absolute Gasteiger partial charge is 0.0242 e. The van der Waals surface area contributed by atoms with Crippen LogP contribution < -0.4 is 0 Å². The molecule has 0 aromatic carbocycles. The number of rotatable bonds is 2. The Hall–Kier alpha value is 0.220. The number of allylic oxidation sites excluding steroid dienone is 1. The summed E-state index contributed by atoms with van der Waals surface area (Å²) in [5.74, 6) is 0.703. The van der Waals surface area contributed by atoms with Gasteiger partial charge in [0.1, 0.15) is 0 Å². The average Bonchev–Trinajstić information content (AvgIpc) is 2.24. The summed E-state index contributed by atoms with van der Waals surface area (Å²) in [6, 6.07) is 0. The maximum atomic E-state index is 4.08. The van der Waals surface area contributed by atoms with Gasteiger partial charge in [0.15, 0.2) is 0 Å². The Bertz CT molecular complexity index is 175. The summed E-state index contributed by atoms with van der Waals surface area (Å²) in [7, 11) is 0. The molecule has 0 aliphatic heterocycles. The van der Waals surface area contributed by atoms with Crippen LogP contribution >= 0.6 is 15.9 Å². The molecule has 0 nitrogen and oxygen atoms in total. The third-order valence-corrected chi connectivity index (χ3v) is 4.32. The lowest BCUT2D eigenvalue weighted by Crippen LogP contribution is -1.95. The number of hydrogen-bond donors (Lipinski definition) is 0. The van der Waals surface area contributed by atoms with Gasteiger partial charge in [0, 0.05) is 5.33 Å². The molecule has 1 fully saturated rings.